The second-order valence-corrected chi connectivity index (χ2v) is 4.72. The second kappa shape index (κ2) is 5.85. The van der Waals surface area contributed by atoms with E-state index in [0.29, 0.717) is 12.1 Å². The number of benzene rings is 2. The number of aliphatic hydroxyl groups excluding tert-OH is 1. The first-order valence-electron chi connectivity index (χ1n) is 6.31. The van der Waals surface area contributed by atoms with Crippen LogP contribution in [-0.2, 0) is 0 Å². The van der Waals surface area contributed by atoms with Gasteiger partial charge in [0.15, 0.2) is 0 Å². The topological polar surface area (TPSA) is 32.3 Å². The summed E-state index contributed by atoms with van der Waals surface area (Å²) in [6.07, 6.45) is -0.653. The lowest BCUT2D eigenvalue weighted by molar-refractivity contribution is 0.191. The van der Waals surface area contributed by atoms with Crippen molar-refractivity contribution in [2.24, 2.45) is 0 Å². The van der Waals surface area contributed by atoms with Gasteiger partial charge in [-0.2, -0.15) is 0 Å². The van der Waals surface area contributed by atoms with Crippen molar-refractivity contribution < 1.29 is 9.50 Å². The molecule has 0 spiro atoms. The van der Waals surface area contributed by atoms with E-state index in [9.17, 15) is 9.50 Å². The van der Waals surface area contributed by atoms with Crippen LogP contribution in [0, 0.1) is 19.7 Å². The van der Waals surface area contributed by atoms with E-state index < -0.39 is 6.10 Å². The molecule has 1 atom stereocenters. The zero-order valence-corrected chi connectivity index (χ0v) is 11.2. The van der Waals surface area contributed by atoms with Crippen LogP contribution in [0.5, 0.6) is 0 Å². The summed E-state index contributed by atoms with van der Waals surface area (Å²) < 4.78 is 12.8. The lowest BCUT2D eigenvalue weighted by atomic mass is 10.1. The fraction of sp³-hybridized carbons (Fsp3) is 0.250. The average molecular weight is 259 g/mol. The van der Waals surface area contributed by atoms with Crippen molar-refractivity contribution in [3.63, 3.8) is 0 Å². The number of nitrogens with one attached hydrogen (secondary N) is 1. The summed E-state index contributed by atoms with van der Waals surface area (Å²) in [6.45, 7) is 4.45. The number of hydrogen-bond acceptors (Lipinski definition) is 2. The van der Waals surface area contributed by atoms with E-state index in [2.05, 4.69) is 5.32 Å². The maximum Gasteiger partial charge on any atom is 0.123 e. The molecule has 0 aliphatic rings. The van der Waals surface area contributed by atoms with Gasteiger partial charge in [0.25, 0.3) is 0 Å². The van der Waals surface area contributed by atoms with E-state index in [1.165, 1.54) is 12.1 Å². The number of aryl methyl sites for hydroxylation is 2. The van der Waals surface area contributed by atoms with Gasteiger partial charge in [0.05, 0.1) is 6.10 Å². The number of aliphatic hydroxyl groups is 1. The van der Waals surface area contributed by atoms with Gasteiger partial charge < -0.3 is 10.4 Å². The molecule has 2 rings (SSSR count). The molecule has 19 heavy (non-hydrogen) atoms. The van der Waals surface area contributed by atoms with Crippen LogP contribution in [0.25, 0.3) is 0 Å². The minimum absolute atomic E-state index is 0.293. The Morgan fingerprint density at radius 2 is 1.63 bits per heavy atom. The molecule has 0 amide bonds. The van der Waals surface area contributed by atoms with Crippen molar-refractivity contribution in [1.82, 2.24) is 0 Å². The van der Waals surface area contributed by atoms with Crippen LogP contribution in [-0.4, -0.2) is 11.7 Å². The fourth-order valence-electron chi connectivity index (χ4n) is 2.09. The second-order valence-electron chi connectivity index (χ2n) is 4.72. The molecule has 1 unspecified atom stereocenters. The molecule has 3 heteroatoms. The molecule has 0 saturated heterocycles. The molecule has 0 radical (unpaired) electrons. The fourth-order valence-corrected chi connectivity index (χ4v) is 2.09. The van der Waals surface area contributed by atoms with Gasteiger partial charge in [0.1, 0.15) is 5.82 Å². The maximum absolute atomic E-state index is 12.8. The molecule has 2 aromatic rings. The van der Waals surface area contributed by atoms with E-state index >= 15 is 0 Å². The van der Waals surface area contributed by atoms with Crippen LogP contribution in [0.2, 0.25) is 0 Å². The summed E-state index contributed by atoms with van der Waals surface area (Å²) in [7, 11) is 0. The molecule has 2 aromatic carbocycles. The molecule has 0 aliphatic carbocycles. The number of halogens is 1. The van der Waals surface area contributed by atoms with E-state index in [1.807, 2.05) is 32.0 Å². The van der Waals surface area contributed by atoms with Crippen molar-refractivity contribution >= 4 is 5.69 Å². The highest BCUT2D eigenvalue weighted by Crippen LogP contribution is 2.21. The Labute approximate surface area is 112 Å². The van der Waals surface area contributed by atoms with Crippen LogP contribution >= 0.6 is 0 Å². The van der Waals surface area contributed by atoms with Crippen LogP contribution in [0.3, 0.4) is 0 Å². The third kappa shape index (κ3) is 3.32. The Kier molecular flexibility index (Phi) is 4.17. The van der Waals surface area contributed by atoms with Crippen molar-refractivity contribution in [1.29, 1.82) is 0 Å². The van der Waals surface area contributed by atoms with E-state index in [-0.39, 0.29) is 5.82 Å². The summed E-state index contributed by atoms with van der Waals surface area (Å²) >= 11 is 0. The highest BCUT2D eigenvalue weighted by atomic mass is 19.1. The Morgan fingerprint density at radius 1 is 1.05 bits per heavy atom. The Balaban J connectivity index is 2.04. The minimum atomic E-state index is -0.653. The van der Waals surface area contributed by atoms with E-state index in [0.717, 1.165) is 16.8 Å². The smallest absolute Gasteiger partial charge is 0.123 e. The molecule has 0 bridgehead atoms. The molecule has 2 N–H and O–H groups in total. The Morgan fingerprint density at radius 3 is 2.21 bits per heavy atom. The zero-order chi connectivity index (χ0) is 13.8. The van der Waals surface area contributed by atoms with Crippen molar-refractivity contribution in [3.05, 3.63) is 65.0 Å². The van der Waals surface area contributed by atoms with Crippen molar-refractivity contribution in [3.8, 4) is 0 Å². The Hall–Kier alpha value is -1.87. The quantitative estimate of drug-likeness (QED) is 0.879. The normalized spacial score (nSPS) is 12.2. The number of hydrogen-bond donors (Lipinski definition) is 2. The molecule has 0 fully saturated rings. The Bertz CT molecular complexity index is 531. The third-order valence-corrected chi connectivity index (χ3v) is 3.21. The van der Waals surface area contributed by atoms with Gasteiger partial charge in [0.2, 0.25) is 0 Å². The van der Waals surface area contributed by atoms with Crippen LogP contribution < -0.4 is 5.32 Å². The van der Waals surface area contributed by atoms with Gasteiger partial charge in [0, 0.05) is 12.2 Å². The summed E-state index contributed by atoms with van der Waals surface area (Å²) in [5.41, 5.74) is 4.04. The molecule has 0 aromatic heterocycles. The number of anilines is 1. The van der Waals surface area contributed by atoms with Crippen LogP contribution in [0.1, 0.15) is 22.8 Å². The standard InChI is InChI=1S/C16H18FNO/c1-11-4-3-5-12(2)16(11)18-10-15(19)13-6-8-14(17)9-7-13/h3-9,15,18-19H,10H2,1-2H3. The monoisotopic (exact) mass is 259 g/mol. The van der Waals surface area contributed by atoms with Gasteiger partial charge >= 0.3 is 0 Å². The first-order chi connectivity index (χ1) is 9.08. The molecule has 100 valence electrons. The predicted molar refractivity (Wildman–Crippen MR) is 75.8 cm³/mol. The number of para-hydroxylation sites is 1. The predicted octanol–water partition coefficient (Wildman–Crippen LogP) is 3.59. The van der Waals surface area contributed by atoms with Gasteiger partial charge in [-0.1, -0.05) is 30.3 Å². The molecule has 0 heterocycles. The molecule has 0 saturated carbocycles. The molecule has 0 aliphatic heterocycles. The SMILES string of the molecule is Cc1cccc(C)c1NCC(O)c1ccc(F)cc1. The van der Waals surface area contributed by atoms with Gasteiger partial charge in [-0.3, -0.25) is 0 Å². The lowest BCUT2D eigenvalue weighted by Crippen LogP contribution is -2.13. The zero-order valence-electron chi connectivity index (χ0n) is 11.2. The average Bonchev–Trinajstić information content (AvgIpc) is 2.38. The third-order valence-electron chi connectivity index (χ3n) is 3.21. The number of rotatable bonds is 4. The summed E-state index contributed by atoms with van der Waals surface area (Å²) in [5, 5.41) is 13.3. The van der Waals surface area contributed by atoms with E-state index in [1.54, 1.807) is 12.1 Å². The van der Waals surface area contributed by atoms with Crippen molar-refractivity contribution in [2.45, 2.75) is 20.0 Å². The van der Waals surface area contributed by atoms with Crippen LogP contribution in [0.15, 0.2) is 42.5 Å². The van der Waals surface area contributed by atoms with Gasteiger partial charge in [-0.05, 0) is 42.7 Å². The first-order valence-corrected chi connectivity index (χ1v) is 6.31. The van der Waals surface area contributed by atoms with E-state index in [4.69, 9.17) is 0 Å². The van der Waals surface area contributed by atoms with Crippen LogP contribution in [0.4, 0.5) is 10.1 Å². The summed E-state index contributed by atoms with van der Waals surface area (Å²) in [5.74, 6) is -0.293. The van der Waals surface area contributed by atoms with Gasteiger partial charge in [-0.25, -0.2) is 4.39 Å². The summed E-state index contributed by atoms with van der Waals surface area (Å²) in [4.78, 5) is 0. The first kappa shape index (κ1) is 13.6. The lowest BCUT2D eigenvalue weighted by Gasteiger charge is -2.16. The van der Waals surface area contributed by atoms with Crippen molar-refractivity contribution in [2.75, 3.05) is 11.9 Å². The molecular weight excluding hydrogens is 241 g/mol. The maximum atomic E-state index is 12.8. The van der Waals surface area contributed by atoms with Gasteiger partial charge in [-0.15, -0.1) is 0 Å². The minimum Gasteiger partial charge on any atom is -0.387 e. The molecular formula is C16H18FNO. The highest BCUT2D eigenvalue weighted by molar-refractivity contribution is 5.56. The molecule has 2 nitrogen and oxygen atoms in total. The highest BCUT2D eigenvalue weighted by Gasteiger charge is 2.09. The summed E-state index contributed by atoms with van der Waals surface area (Å²) in [6, 6.07) is 12.0. The largest absolute Gasteiger partial charge is 0.387 e.